The molecule has 0 rings (SSSR count). The van der Waals surface area contributed by atoms with Crippen LogP contribution in [0.25, 0.3) is 0 Å². The Morgan fingerprint density at radius 3 is 1.68 bits per heavy atom. The number of aliphatic carboxylic acids is 1. The summed E-state index contributed by atoms with van der Waals surface area (Å²) >= 11 is 0. The summed E-state index contributed by atoms with van der Waals surface area (Å²) in [6, 6.07) is 0. The molecule has 0 aliphatic rings. The predicted molar refractivity (Wildman–Crippen MR) is 105 cm³/mol. The van der Waals surface area contributed by atoms with Crippen molar-refractivity contribution in [2.24, 2.45) is 0 Å². The summed E-state index contributed by atoms with van der Waals surface area (Å²) in [5, 5.41) is 8.55. The number of carbonyl (C=O) groups is 2. The normalized spacial score (nSPS) is 10.3. The van der Waals surface area contributed by atoms with E-state index >= 15 is 0 Å². The minimum atomic E-state index is -0.676. The zero-order chi connectivity index (χ0) is 18.6. The number of carbonyl (C=O) groups excluding carboxylic acids is 1. The monoisotopic (exact) mass is 350 g/mol. The highest BCUT2D eigenvalue weighted by molar-refractivity contribution is 5.95. The minimum absolute atomic E-state index is 0.108. The Balaban J connectivity index is 3.21. The molecule has 3 heteroatoms. The molecule has 0 bridgehead atoms. The maximum Gasteiger partial charge on any atom is 0.303 e. The molecule has 0 spiro atoms. The second kappa shape index (κ2) is 19.0. The van der Waals surface area contributed by atoms with Gasteiger partial charge < -0.3 is 5.11 Å². The fourth-order valence-electron chi connectivity index (χ4n) is 2.84. The number of rotatable bonds is 17. The average molecular weight is 351 g/mol. The molecule has 1 N–H and O–H groups in total. The van der Waals surface area contributed by atoms with Crippen molar-refractivity contribution in [2.45, 2.75) is 116 Å². The standard InChI is InChI=1S/C22H38O3/c1-2-3-15-18-21(23)19-16-13-11-9-7-5-4-6-8-10-12-14-17-20-22(24)25/h2-15,17-18,20H2,1H3,(H,24,25). The second-order valence-corrected chi connectivity index (χ2v) is 6.96. The maximum absolute atomic E-state index is 11.5. The Bertz CT molecular complexity index is 390. The lowest BCUT2D eigenvalue weighted by Crippen LogP contribution is -1.93. The molecule has 3 nitrogen and oxygen atoms in total. The van der Waals surface area contributed by atoms with E-state index in [1.807, 2.05) is 0 Å². The first-order valence-electron chi connectivity index (χ1n) is 10.4. The Kier molecular flexibility index (Phi) is 18.0. The van der Waals surface area contributed by atoms with Gasteiger partial charge in [0.1, 0.15) is 0 Å². The van der Waals surface area contributed by atoms with E-state index in [2.05, 4.69) is 18.8 Å². The molecule has 0 aliphatic heterocycles. The van der Waals surface area contributed by atoms with Crippen LogP contribution in [0, 0.1) is 11.8 Å². The Hall–Kier alpha value is -1.30. The van der Waals surface area contributed by atoms with Crippen LogP contribution in [-0.2, 0) is 9.59 Å². The van der Waals surface area contributed by atoms with Crippen molar-refractivity contribution in [2.75, 3.05) is 0 Å². The second-order valence-electron chi connectivity index (χ2n) is 6.96. The van der Waals surface area contributed by atoms with Crippen LogP contribution in [0.1, 0.15) is 116 Å². The van der Waals surface area contributed by atoms with Crippen molar-refractivity contribution in [3.05, 3.63) is 0 Å². The van der Waals surface area contributed by atoms with E-state index in [9.17, 15) is 9.59 Å². The van der Waals surface area contributed by atoms with E-state index in [4.69, 9.17) is 5.11 Å². The minimum Gasteiger partial charge on any atom is -0.481 e. The number of carboxylic acid groups (broad SMARTS) is 1. The van der Waals surface area contributed by atoms with Gasteiger partial charge in [0.15, 0.2) is 0 Å². The molecular weight excluding hydrogens is 312 g/mol. The van der Waals surface area contributed by atoms with Crippen molar-refractivity contribution in [3.8, 4) is 11.8 Å². The molecule has 0 heterocycles. The Morgan fingerprint density at radius 2 is 1.16 bits per heavy atom. The summed E-state index contributed by atoms with van der Waals surface area (Å²) in [5.74, 6) is 5.22. The van der Waals surface area contributed by atoms with Crippen LogP contribution in [0.4, 0.5) is 0 Å². The highest BCUT2D eigenvalue weighted by Crippen LogP contribution is 2.12. The van der Waals surface area contributed by atoms with E-state index in [1.165, 1.54) is 51.4 Å². The molecule has 0 saturated carbocycles. The van der Waals surface area contributed by atoms with E-state index in [-0.39, 0.29) is 5.78 Å². The first kappa shape index (κ1) is 23.7. The number of hydrogen-bond donors (Lipinski definition) is 1. The summed E-state index contributed by atoms with van der Waals surface area (Å²) < 4.78 is 0. The molecule has 0 atom stereocenters. The smallest absolute Gasteiger partial charge is 0.303 e. The van der Waals surface area contributed by atoms with Gasteiger partial charge in [0, 0.05) is 19.3 Å². The number of hydrogen-bond acceptors (Lipinski definition) is 2. The van der Waals surface area contributed by atoms with E-state index in [1.54, 1.807) is 0 Å². The Labute approximate surface area is 155 Å². The number of Topliss-reactive ketones (excluding diaryl/α,β-unsaturated/α-hetero) is 1. The van der Waals surface area contributed by atoms with Crippen molar-refractivity contribution >= 4 is 11.8 Å². The Morgan fingerprint density at radius 1 is 0.680 bits per heavy atom. The molecule has 0 amide bonds. The molecule has 0 aromatic carbocycles. The fourth-order valence-corrected chi connectivity index (χ4v) is 2.84. The fraction of sp³-hybridized carbons (Fsp3) is 0.818. The lowest BCUT2D eigenvalue weighted by Gasteiger charge is -2.02. The quantitative estimate of drug-likeness (QED) is 0.190. The lowest BCUT2D eigenvalue weighted by molar-refractivity contribution is -0.137. The van der Waals surface area contributed by atoms with Gasteiger partial charge in [-0.05, 0) is 25.2 Å². The van der Waals surface area contributed by atoms with Crippen LogP contribution in [0.5, 0.6) is 0 Å². The summed E-state index contributed by atoms with van der Waals surface area (Å²) in [6.45, 7) is 2.14. The van der Waals surface area contributed by atoms with Gasteiger partial charge in [-0.25, -0.2) is 0 Å². The zero-order valence-corrected chi connectivity index (χ0v) is 16.3. The third-order valence-corrected chi connectivity index (χ3v) is 4.43. The number of unbranched alkanes of at least 4 members (excludes halogenated alkanes) is 13. The summed E-state index contributed by atoms with van der Waals surface area (Å²) in [4.78, 5) is 21.8. The molecular formula is C22H38O3. The highest BCUT2D eigenvalue weighted by Gasteiger charge is 1.97. The van der Waals surface area contributed by atoms with Crippen LogP contribution < -0.4 is 0 Å². The van der Waals surface area contributed by atoms with Gasteiger partial charge in [-0.3, -0.25) is 9.59 Å². The predicted octanol–water partition coefficient (Wildman–Crippen LogP) is 6.30. The lowest BCUT2D eigenvalue weighted by atomic mass is 10.0. The number of carboxylic acids is 1. The van der Waals surface area contributed by atoms with Gasteiger partial charge in [-0.15, -0.1) is 0 Å². The SMILES string of the molecule is CCCCCC(=O)C#CCCCCCCCCCCCCCC(=O)O. The third-order valence-electron chi connectivity index (χ3n) is 4.43. The topological polar surface area (TPSA) is 54.4 Å². The molecule has 25 heavy (non-hydrogen) atoms. The maximum atomic E-state index is 11.5. The average Bonchev–Trinajstić information content (AvgIpc) is 2.58. The summed E-state index contributed by atoms with van der Waals surface area (Å²) in [6.07, 6.45) is 18.1. The van der Waals surface area contributed by atoms with Gasteiger partial charge in [-0.2, -0.15) is 0 Å². The van der Waals surface area contributed by atoms with Crippen LogP contribution in [-0.4, -0.2) is 16.9 Å². The van der Waals surface area contributed by atoms with E-state index in [0.717, 1.165) is 44.9 Å². The van der Waals surface area contributed by atoms with Gasteiger partial charge >= 0.3 is 5.97 Å². The zero-order valence-electron chi connectivity index (χ0n) is 16.3. The molecule has 144 valence electrons. The molecule has 0 fully saturated rings. The van der Waals surface area contributed by atoms with E-state index in [0.29, 0.717) is 12.8 Å². The van der Waals surface area contributed by atoms with Crippen LogP contribution in [0.2, 0.25) is 0 Å². The van der Waals surface area contributed by atoms with Crippen molar-refractivity contribution < 1.29 is 14.7 Å². The van der Waals surface area contributed by atoms with Gasteiger partial charge in [0.2, 0.25) is 5.78 Å². The van der Waals surface area contributed by atoms with Crippen molar-refractivity contribution in [3.63, 3.8) is 0 Å². The van der Waals surface area contributed by atoms with Crippen LogP contribution >= 0.6 is 0 Å². The molecule has 0 radical (unpaired) electrons. The van der Waals surface area contributed by atoms with Crippen molar-refractivity contribution in [1.82, 2.24) is 0 Å². The molecule has 0 aromatic heterocycles. The highest BCUT2D eigenvalue weighted by atomic mass is 16.4. The first-order valence-corrected chi connectivity index (χ1v) is 10.4. The van der Waals surface area contributed by atoms with Gasteiger partial charge in [0.25, 0.3) is 0 Å². The van der Waals surface area contributed by atoms with Crippen LogP contribution in [0.15, 0.2) is 0 Å². The molecule has 0 unspecified atom stereocenters. The van der Waals surface area contributed by atoms with E-state index < -0.39 is 5.97 Å². The first-order chi connectivity index (χ1) is 12.2. The van der Waals surface area contributed by atoms with Gasteiger partial charge in [-0.1, -0.05) is 83.5 Å². The van der Waals surface area contributed by atoms with Crippen molar-refractivity contribution in [1.29, 1.82) is 0 Å². The summed E-state index contributed by atoms with van der Waals surface area (Å²) in [7, 11) is 0. The van der Waals surface area contributed by atoms with Crippen LogP contribution in [0.3, 0.4) is 0 Å². The van der Waals surface area contributed by atoms with Gasteiger partial charge in [0.05, 0.1) is 0 Å². The molecule has 0 aliphatic carbocycles. The molecule has 0 aromatic rings. The largest absolute Gasteiger partial charge is 0.481 e. The third kappa shape index (κ3) is 20.7. The summed E-state index contributed by atoms with van der Waals surface area (Å²) in [5.41, 5.74) is 0. The molecule has 0 saturated heterocycles. The number of ketones is 1.